The monoisotopic (exact) mass is 944 g/mol. The van der Waals surface area contributed by atoms with Crippen molar-refractivity contribution in [2.75, 3.05) is 44.6 Å². The van der Waals surface area contributed by atoms with Crippen LogP contribution in [0.3, 0.4) is 0 Å². The smallest absolute Gasteiger partial charge is 0.298 e. The topological polar surface area (TPSA) is 208 Å². The zero-order chi connectivity index (χ0) is 48.2. The molecular weight excluding hydrogens is 897 g/mol. The molecule has 12 rings (SSSR count). The number of H-pyrrole nitrogens is 2. The van der Waals surface area contributed by atoms with Crippen LogP contribution >= 0.6 is 0 Å². The molecule has 9 aromatic rings. The van der Waals surface area contributed by atoms with Gasteiger partial charge in [0.15, 0.2) is 0 Å². The number of nitrogens with zero attached hydrogens (tertiary/aromatic N) is 11. The van der Waals surface area contributed by atoms with Crippen molar-refractivity contribution < 1.29 is 19.2 Å². The highest BCUT2D eigenvalue weighted by Gasteiger charge is 2.35. The highest BCUT2D eigenvalue weighted by Crippen LogP contribution is 2.38. The van der Waals surface area contributed by atoms with Crippen LogP contribution in [0.1, 0.15) is 71.4 Å². The van der Waals surface area contributed by atoms with E-state index in [2.05, 4.69) is 58.7 Å². The van der Waals surface area contributed by atoms with Gasteiger partial charge in [-0.3, -0.25) is 19.2 Å². The summed E-state index contributed by atoms with van der Waals surface area (Å²) in [7, 11) is 0. The van der Waals surface area contributed by atoms with Crippen molar-refractivity contribution in [1.29, 1.82) is 0 Å². The van der Waals surface area contributed by atoms with E-state index in [0.29, 0.717) is 75.4 Å². The third-order valence-electron chi connectivity index (χ3n) is 14.5. The molecule has 3 saturated heterocycles. The number of anilines is 1. The average molecular weight is 945 g/mol. The molecule has 0 saturated carbocycles. The lowest BCUT2D eigenvalue weighted by Crippen LogP contribution is -2.43. The number of aryl methyl sites for hydroxylation is 1. The summed E-state index contributed by atoms with van der Waals surface area (Å²) >= 11 is 0. The van der Waals surface area contributed by atoms with E-state index >= 15 is 0 Å². The Morgan fingerprint density at radius 2 is 1.31 bits per heavy atom. The molecular formula is C53H48N14O4. The van der Waals surface area contributed by atoms with Crippen LogP contribution in [0.4, 0.5) is 5.69 Å². The number of likely N-dealkylation sites (tertiary alicyclic amines) is 3. The normalized spacial score (nSPS) is 17.5. The molecule has 18 nitrogen and oxygen atoms in total. The predicted molar refractivity (Wildman–Crippen MR) is 265 cm³/mol. The highest BCUT2D eigenvalue weighted by atomic mass is 16.2. The molecule has 0 spiro atoms. The lowest BCUT2D eigenvalue weighted by atomic mass is 9.95. The molecule has 3 aliphatic heterocycles. The maximum absolute atomic E-state index is 14.0. The third-order valence-corrected chi connectivity index (χ3v) is 14.5. The van der Waals surface area contributed by atoms with E-state index in [1.807, 2.05) is 52.4 Å². The molecule has 2 atom stereocenters. The number of hydrogen-bond acceptors (Lipinski definition) is 10. The molecule has 0 radical (unpaired) electrons. The van der Waals surface area contributed by atoms with Crippen molar-refractivity contribution in [2.24, 2.45) is 5.92 Å². The first kappa shape index (κ1) is 43.6. The number of pyridine rings is 2. The van der Waals surface area contributed by atoms with Crippen LogP contribution in [0.15, 0.2) is 104 Å². The zero-order valence-corrected chi connectivity index (χ0v) is 38.7. The molecule has 8 aromatic heterocycles. The minimum absolute atomic E-state index is 0.0814. The Morgan fingerprint density at radius 3 is 2.03 bits per heavy atom. The Morgan fingerprint density at radius 1 is 0.662 bits per heavy atom. The molecule has 3 N–H and O–H groups in total. The van der Waals surface area contributed by atoms with E-state index in [1.54, 1.807) is 63.2 Å². The molecule has 18 heteroatoms. The zero-order valence-electron chi connectivity index (χ0n) is 38.7. The minimum Gasteiger partial charge on any atom is -0.343 e. The number of aromatic amines is 2. The number of aromatic nitrogens is 10. The second-order valence-electron chi connectivity index (χ2n) is 18.8. The van der Waals surface area contributed by atoms with Gasteiger partial charge >= 0.3 is 0 Å². The van der Waals surface area contributed by atoms with Gasteiger partial charge in [0.25, 0.3) is 11.8 Å². The second kappa shape index (κ2) is 18.0. The van der Waals surface area contributed by atoms with Crippen LogP contribution in [0.5, 0.6) is 0 Å². The number of piperidine rings is 1. The van der Waals surface area contributed by atoms with Crippen LogP contribution in [-0.4, -0.2) is 127 Å². The van der Waals surface area contributed by atoms with Gasteiger partial charge in [-0.05, 0) is 116 Å². The maximum atomic E-state index is 14.0. The number of amides is 4. The summed E-state index contributed by atoms with van der Waals surface area (Å²) in [5.41, 5.74) is 10.8. The summed E-state index contributed by atoms with van der Waals surface area (Å²) in [5, 5.41) is 22.6. The SMILES string of the molecule is C#CC(=O)N1CCC(C(=O)N2CCC(c3cc4c(-c5cnn6ncccc56)cc(CCC(=O)Nc5cccc(C(=O)N6CCC(c7cc8c(-c9cnn%10ncccc9%10)ccnc8[nH]7)C6)c5)nc4[nH]3)C2)CC1. The number of nitrogens with one attached hydrogen (secondary N) is 3. The van der Waals surface area contributed by atoms with Gasteiger partial charge in [0.2, 0.25) is 11.8 Å². The summed E-state index contributed by atoms with van der Waals surface area (Å²) in [6.45, 7) is 3.35. The molecule has 11 heterocycles. The quantitative estimate of drug-likeness (QED) is 0.131. The van der Waals surface area contributed by atoms with Crippen molar-refractivity contribution in [2.45, 2.75) is 50.4 Å². The molecule has 71 heavy (non-hydrogen) atoms. The van der Waals surface area contributed by atoms with Crippen molar-refractivity contribution in [3.63, 3.8) is 0 Å². The summed E-state index contributed by atoms with van der Waals surface area (Å²) in [6, 6.07) is 23.1. The largest absolute Gasteiger partial charge is 0.343 e. The number of fused-ring (bicyclic) bond motifs is 4. The van der Waals surface area contributed by atoms with Crippen LogP contribution in [0, 0.1) is 18.3 Å². The number of carbonyl (C=O) groups excluding carboxylic acids is 4. The summed E-state index contributed by atoms with van der Waals surface area (Å²) in [6.07, 6.45) is 17.4. The van der Waals surface area contributed by atoms with Gasteiger partial charge in [-0.2, -0.15) is 29.7 Å². The first-order chi connectivity index (χ1) is 34.7. The molecule has 4 amide bonds. The summed E-state index contributed by atoms with van der Waals surface area (Å²) in [4.78, 5) is 75.4. The van der Waals surface area contributed by atoms with E-state index < -0.39 is 0 Å². The van der Waals surface area contributed by atoms with Gasteiger partial charge in [-0.25, -0.2) is 9.97 Å². The van der Waals surface area contributed by atoms with Crippen molar-refractivity contribution in [3.05, 3.63) is 126 Å². The fourth-order valence-electron chi connectivity index (χ4n) is 10.8. The van der Waals surface area contributed by atoms with E-state index in [9.17, 15) is 19.2 Å². The van der Waals surface area contributed by atoms with Crippen LogP contribution in [0.25, 0.3) is 55.4 Å². The standard InChI is InChI=1S/C53H48N14O4/c1-2-49(69)63-20-13-32(14-21-63)52(70)64-22-15-35(30-64)45-27-41-39(43-29-58-67-47(43)9-5-18-56-67)25-37(60-51(41)62-45)10-11-48(68)59-36-7-3-6-33(24-36)53(71)65-23-16-34(31-65)44-26-40-38(12-19-54-50(40)61-44)42-28-57-66-46(42)8-4-17-55-66/h1,3-9,12,17-19,24-29,32,34-35H,10-11,13-16,20-23,30-31H2,(H,54,61)(H,59,68)(H,60,62). The van der Waals surface area contributed by atoms with E-state index in [4.69, 9.17) is 11.4 Å². The van der Waals surface area contributed by atoms with Crippen LogP contribution < -0.4 is 5.32 Å². The molecule has 1 aromatic carbocycles. The minimum atomic E-state index is -0.324. The fraction of sp³-hybridized carbons (Fsp3) is 0.283. The number of rotatable bonds is 10. The molecule has 354 valence electrons. The predicted octanol–water partition coefficient (Wildman–Crippen LogP) is 6.25. The Bertz CT molecular complexity index is 3610. The van der Waals surface area contributed by atoms with Crippen molar-refractivity contribution >= 4 is 62.4 Å². The first-order valence-corrected chi connectivity index (χ1v) is 24.1. The van der Waals surface area contributed by atoms with Gasteiger partial charge in [-0.15, -0.1) is 6.42 Å². The second-order valence-corrected chi connectivity index (χ2v) is 18.8. The Kier molecular flexibility index (Phi) is 11.0. The lowest BCUT2D eigenvalue weighted by Gasteiger charge is -2.32. The Balaban J connectivity index is 0.716. The van der Waals surface area contributed by atoms with Crippen LogP contribution in [0.2, 0.25) is 0 Å². The third kappa shape index (κ3) is 8.18. The van der Waals surface area contributed by atoms with Gasteiger partial charge in [0.1, 0.15) is 11.3 Å². The molecule has 2 unspecified atom stereocenters. The number of hydrogen-bond donors (Lipinski definition) is 3. The first-order valence-electron chi connectivity index (χ1n) is 24.1. The summed E-state index contributed by atoms with van der Waals surface area (Å²) < 4.78 is 3.21. The van der Waals surface area contributed by atoms with E-state index in [1.165, 1.54) is 0 Å². The van der Waals surface area contributed by atoms with E-state index in [-0.39, 0.29) is 47.8 Å². The van der Waals surface area contributed by atoms with Crippen molar-refractivity contribution in [1.82, 2.24) is 64.3 Å². The molecule has 0 bridgehead atoms. The summed E-state index contributed by atoms with van der Waals surface area (Å²) in [5.74, 6) is 1.73. The van der Waals surface area contributed by atoms with Crippen molar-refractivity contribution in [3.8, 4) is 34.6 Å². The van der Waals surface area contributed by atoms with Gasteiger partial charge in [-0.1, -0.05) is 6.07 Å². The number of carbonyl (C=O) groups is 4. The highest BCUT2D eigenvalue weighted by molar-refractivity contribution is 6.00. The Hall–Kier alpha value is -8.72. The average Bonchev–Trinajstić information content (AvgIpc) is 4.28. The van der Waals surface area contributed by atoms with Gasteiger partial charge in [0, 0.05) is 132 Å². The molecule has 3 aliphatic rings. The number of benzene rings is 1. The Labute approximate surface area is 406 Å². The van der Waals surface area contributed by atoms with Gasteiger partial charge < -0.3 is 30.0 Å². The molecule has 3 fully saturated rings. The lowest BCUT2D eigenvalue weighted by molar-refractivity contribution is -0.138. The number of terminal acetylenes is 1. The van der Waals surface area contributed by atoms with Gasteiger partial charge in [0.05, 0.1) is 23.4 Å². The van der Waals surface area contributed by atoms with E-state index in [0.717, 1.165) is 79.6 Å². The fourth-order valence-corrected chi connectivity index (χ4v) is 10.8. The molecule has 0 aliphatic carbocycles. The maximum Gasteiger partial charge on any atom is 0.298 e. The van der Waals surface area contributed by atoms with Crippen LogP contribution in [-0.2, 0) is 20.8 Å².